The van der Waals surface area contributed by atoms with Crippen molar-refractivity contribution in [1.29, 1.82) is 0 Å². The van der Waals surface area contributed by atoms with Gasteiger partial charge in [0.05, 0.1) is 5.69 Å². The predicted octanol–water partition coefficient (Wildman–Crippen LogP) is 3.74. The van der Waals surface area contributed by atoms with E-state index < -0.39 is 0 Å². The largest absolute Gasteiger partial charge is 0.428 e. The molecule has 0 saturated carbocycles. The van der Waals surface area contributed by atoms with Crippen LogP contribution in [0.15, 0.2) is 34.7 Å². The highest BCUT2D eigenvalue weighted by Crippen LogP contribution is 2.20. The fraction of sp³-hybridized carbons (Fsp3) is 0.375. The van der Waals surface area contributed by atoms with E-state index in [2.05, 4.69) is 11.9 Å². The third-order valence-electron chi connectivity index (χ3n) is 3.25. The molecule has 1 heterocycles. The van der Waals surface area contributed by atoms with Crippen LogP contribution >= 0.6 is 0 Å². The zero-order valence-electron chi connectivity index (χ0n) is 12.2. The highest BCUT2D eigenvalue weighted by molar-refractivity contribution is 6.04. The number of aryl methyl sites for hydroxylation is 2. The molecule has 0 saturated heterocycles. The van der Waals surface area contributed by atoms with E-state index in [1.165, 1.54) is 0 Å². The van der Waals surface area contributed by atoms with Crippen LogP contribution < -0.4 is 4.90 Å². The molecule has 0 unspecified atom stereocenters. The molecular formula is C16H20N2O2. The van der Waals surface area contributed by atoms with Crippen LogP contribution in [0.1, 0.15) is 41.6 Å². The molecule has 0 spiro atoms. The highest BCUT2D eigenvalue weighted by atomic mass is 16.4. The maximum atomic E-state index is 12.6. The van der Waals surface area contributed by atoms with Crippen LogP contribution in [0.4, 0.5) is 6.01 Å². The summed E-state index contributed by atoms with van der Waals surface area (Å²) in [6.45, 7) is 6.45. The van der Waals surface area contributed by atoms with Gasteiger partial charge in [-0.05, 0) is 32.4 Å². The van der Waals surface area contributed by atoms with Crippen LogP contribution in [-0.4, -0.2) is 17.4 Å². The molecule has 0 radical (unpaired) electrons. The van der Waals surface area contributed by atoms with Gasteiger partial charge in [-0.2, -0.15) is 4.98 Å². The first-order chi connectivity index (χ1) is 9.63. The Morgan fingerprint density at radius 3 is 2.50 bits per heavy atom. The minimum atomic E-state index is -0.0692. The molecule has 106 valence electrons. The Morgan fingerprint density at radius 2 is 1.95 bits per heavy atom. The number of hydrogen-bond acceptors (Lipinski definition) is 3. The van der Waals surface area contributed by atoms with Crippen molar-refractivity contribution < 1.29 is 9.21 Å². The van der Waals surface area contributed by atoms with Crippen molar-refractivity contribution in [2.24, 2.45) is 0 Å². The number of amides is 1. The minimum Gasteiger partial charge on any atom is -0.428 e. The number of rotatable bonds is 5. The van der Waals surface area contributed by atoms with Crippen molar-refractivity contribution >= 4 is 11.9 Å². The quantitative estimate of drug-likeness (QED) is 0.833. The smallest absolute Gasteiger partial charge is 0.304 e. The molecule has 0 aliphatic rings. The second kappa shape index (κ2) is 6.37. The summed E-state index contributed by atoms with van der Waals surface area (Å²) in [4.78, 5) is 18.6. The first-order valence-electron chi connectivity index (χ1n) is 6.94. The molecule has 4 heteroatoms. The maximum absolute atomic E-state index is 12.6. The van der Waals surface area contributed by atoms with Crippen LogP contribution in [-0.2, 0) is 0 Å². The zero-order valence-corrected chi connectivity index (χ0v) is 12.2. The van der Waals surface area contributed by atoms with Gasteiger partial charge in [0.25, 0.3) is 5.91 Å². The lowest BCUT2D eigenvalue weighted by Gasteiger charge is -2.18. The molecule has 20 heavy (non-hydrogen) atoms. The number of oxazole rings is 1. The summed E-state index contributed by atoms with van der Waals surface area (Å²) < 4.78 is 5.61. The lowest BCUT2D eigenvalue weighted by molar-refractivity contribution is 0.0981. The summed E-state index contributed by atoms with van der Waals surface area (Å²) in [5.74, 6) is 0.683. The number of aromatic nitrogens is 1. The van der Waals surface area contributed by atoms with Gasteiger partial charge in [0.2, 0.25) is 0 Å². The van der Waals surface area contributed by atoms with Crippen LogP contribution in [0, 0.1) is 13.8 Å². The Bertz CT molecular complexity index is 556. The average Bonchev–Trinajstić information content (AvgIpc) is 2.79. The summed E-state index contributed by atoms with van der Waals surface area (Å²) >= 11 is 0. The number of unbranched alkanes of at least 4 members (excludes halogenated alkanes) is 1. The van der Waals surface area contributed by atoms with Gasteiger partial charge in [-0.15, -0.1) is 0 Å². The van der Waals surface area contributed by atoms with E-state index in [1.54, 1.807) is 4.90 Å². The molecule has 4 nitrogen and oxygen atoms in total. The molecule has 1 amide bonds. The highest BCUT2D eigenvalue weighted by Gasteiger charge is 2.22. The maximum Gasteiger partial charge on any atom is 0.304 e. The summed E-state index contributed by atoms with van der Waals surface area (Å²) in [6, 6.07) is 9.62. The third-order valence-corrected chi connectivity index (χ3v) is 3.25. The van der Waals surface area contributed by atoms with E-state index >= 15 is 0 Å². The van der Waals surface area contributed by atoms with Crippen molar-refractivity contribution in [3.8, 4) is 0 Å². The van der Waals surface area contributed by atoms with Crippen molar-refractivity contribution in [2.45, 2.75) is 33.6 Å². The molecular weight excluding hydrogens is 252 g/mol. The number of benzene rings is 1. The number of anilines is 1. The van der Waals surface area contributed by atoms with Gasteiger partial charge >= 0.3 is 6.01 Å². The fourth-order valence-electron chi connectivity index (χ4n) is 1.91. The first kappa shape index (κ1) is 14.3. The number of hydrogen-bond donors (Lipinski definition) is 0. The molecule has 0 aliphatic heterocycles. The molecule has 0 N–H and O–H groups in total. The van der Waals surface area contributed by atoms with Crippen LogP contribution in [0.25, 0.3) is 0 Å². The minimum absolute atomic E-state index is 0.0692. The van der Waals surface area contributed by atoms with Gasteiger partial charge in [-0.1, -0.05) is 31.5 Å². The second-order valence-electron chi connectivity index (χ2n) is 4.81. The third kappa shape index (κ3) is 3.07. The Labute approximate surface area is 119 Å². The summed E-state index contributed by atoms with van der Waals surface area (Å²) in [5, 5.41) is 0. The molecule has 1 aromatic carbocycles. The summed E-state index contributed by atoms with van der Waals surface area (Å²) in [5.41, 5.74) is 1.47. The SMILES string of the molecule is CCCCN(C(=O)c1ccccc1)c1nc(C)c(C)o1. The summed E-state index contributed by atoms with van der Waals surface area (Å²) in [6.07, 6.45) is 1.93. The number of carbonyl (C=O) groups excluding carboxylic acids is 1. The normalized spacial score (nSPS) is 10.6. The van der Waals surface area contributed by atoms with E-state index in [9.17, 15) is 4.79 Å². The monoisotopic (exact) mass is 272 g/mol. The van der Waals surface area contributed by atoms with Gasteiger partial charge in [0, 0.05) is 12.1 Å². The zero-order chi connectivity index (χ0) is 14.5. The average molecular weight is 272 g/mol. The lowest BCUT2D eigenvalue weighted by Crippen LogP contribution is -2.32. The van der Waals surface area contributed by atoms with Gasteiger partial charge in [0.1, 0.15) is 5.76 Å². The number of nitrogens with zero attached hydrogens (tertiary/aromatic N) is 2. The van der Waals surface area contributed by atoms with Crippen LogP contribution in [0.5, 0.6) is 0 Å². The fourth-order valence-corrected chi connectivity index (χ4v) is 1.91. The Balaban J connectivity index is 2.30. The Kier molecular flexibility index (Phi) is 4.56. The summed E-state index contributed by atoms with van der Waals surface area (Å²) in [7, 11) is 0. The second-order valence-corrected chi connectivity index (χ2v) is 4.81. The van der Waals surface area contributed by atoms with Crippen LogP contribution in [0.3, 0.4) is 0 Å². The van der Waals surface area contributed by atoms with Gasteiger partial charge < -0.3 is 4.42 Å². The van der Waals surface area contributed by atoms with E-state index in [0.717, 1.165) is 24.3 Å². The molecule has 1 aromatic heterocycles. The van der Waals surface area contributed by atoms with Gasteiger partial charge in [0.15, 0.2) is 0 Å². The Morgan fingerprint density at radius 1 is 1.25 bits per heavy atom. The van der Waals surface area contributed by atoms with Crippen LogP contribution in [0.2, 0.25) is 0 Å². The van der Waals surface area contributed by atoms with E-state index in [-0.39, 0.29) is 5.91 Å². The van der Waals surface area contributed by atoms with Crippen molar-refractivity contribution in [3.63, 3.8) is 0 Å². The van der Waals surface area contributed by atoms with E-state index in [4.69, 9.17) is 4.42 Å². The van der Waals surface area contributed by atoms with Crippen molar-refractivity contribution in [1.82, 2.24) is 4.98 Å². The standard InChI is InChI=1S/C16H20N2O2/c1-4-5-11-18(16-17-12(2)13(3)20-16)15(19)14-9-7-6-8-10-14/h6-10H,4-5,11H2,1-3H3. The lowest BCUT2D eigenvalue weighted by atomic mass is 10.2. The van der Waals surface area contributed by atoms with Crippen molar-refractivity contribution in [3.05, 3.63) is 47.3 Å². The molecule has 2 rings (SSSR count). The molecule has 2 aromatic rings. The topological polar surface area (TPSA) is 46.3 Å². The first-order valence-corrected chi connectivity index (χ1v) is 6.94. The molecule has 0 bridgehead atoms. The van der Waals surface area contributed by atoms with Gasteiger partial charge in [-0.3, -0.25) is 9.69 Å². The Hall–Kier alpha value is -2.10. The molecule has 0 aliphatic carbocycles. The van der Waals surface area contributed by atoms with Crippen molar-refractivity contribution in [2.75, 3.05) is 11.4 Å². The molecule has 0 fully saturated rings. The predicted molar refractivity (Wildman–Crippen MR) is 79.0 cm³/mol. The molecule has 0 atom stereocenters. The van der Waals surface area contributed by atoms with Gasteiger partial charge in [-0.25, -0.2) is 0 Å². The van der Waals surface area contributed by atoms with E-state index in [1.807, 2.05) is 44.2 Å². The van der Waals surface area contributed by atoms with E-state index in [0.29, 0.717) is 18.1 Å². The number of carbonyl (C=O) groups is 1.